The van der Waals surface area contributed by atoms with E-state index in [1.54, 1.807) is 0 Å². The minimum absolute atomic E-state index is 0.0345. The fourth-order valence-electron chi connectivity index (χ4n) is 2.39. The maximum Gasteiger partial charge on any atom is 0.165 e. The molecular formula is C17H30O2. The van der Waals surface area contributed by atoms with Crippen LogP contribution in [0.5, 0.6) is 0 Å². The van der Waals surface area contributed by atoms with Crippen LogP contribution in [0.25, 0.3) is 0 Å². The lowest BCUT2D eigenvalue weighted by molar-refractivity contribution is -0.143. The molecular weight excluding hydrogens is 236 g/mol. The van der Waals surface area contributed by atoms with Crippen LogP contribution < -0.4 is 0 Å². The van der Waals surface area contributed by atoms with Gasteiger partial charge < -0.3 is 9.47 Å². The van der Waals surface area contributed by atoms with Gasteiger partial charge in [-0.1, -0.05) is 51.9 Å². The normalized spacial score (nSPS) is 25.1. The van der Waals surface area contributed by atoms with Gasteiger partial charge in [-0.05, 0) is 26.7 Å². The van der Waals surface area contributed by atoms with E-state index in [2.05, 4.69) is 25.7 Å². The first kappa shape index (κ1) is 16.5. The highest BCUT2D eigenvalue weighted by Gasteiger charge is 2.39. The quantitative estimate of drug-likeness (QED) is 0.492. The van der Waals surface area contributed by atoms with Gasteiger partial charge in [-0.3, -0.25) is 0 Å². The third-order valence-corrected chi connectivity index (χ3v) is 3.43. The Morgan fingerprint density at radius 3 is 2.37 bits per heavy atom. The van der Waals surface area contributed by atoms with Gasteiger partial charge in [-0.2, -0.15) is 0 Å². The molecule has 2 heteroatoms. The Labute approximate surface area is 119 Å². The Balaban J connectivity index is 2.38. The molecule has 0 aromatic carbocycles. The number of rotatable bonds is 7. The van der Waals surface area contributed by atoms with Gasteiger partial charge >= 0.3 is 0 Å². The van der Waals surface area contributed by atoms with Crippen molar-refractivity contribution in [3.8, 4) is 11.8 Å². The summed E-state index contributed by atoms with van der Waals surface area (Å²) in [4.78, 5) is 0. The van der Waals surface area contributed by atoms with Crippen molar-refractivity contribution < 1.29 is 9.47 Å². The Bertz CT molecular complexity index is 298. The van der Waals surface area contributed by atoms with Crippen LogP contribution >= 0.6 is 0 Å². The molecule has 0 aliphatic carbocycles. The van der Waals surface area contributed by atoms with E-state index in [9.17, 15) is 0 Å². The van der Waals surface area contributed by atoms with Crippen molar-refractivity contribution in [1.29, 1.82) is 0 Å². The van der Waals surface area contributed by atoms with Gasteiger partial charge in [0, 0.05) is 6.42 Å². The zero-order valence-electron chi connectivity index (χ0n) is 13.1. The maximum absolute atomic E-state index is 5.93. The van der Waals surface area contributed by atoms with Crippen LogP contribution in [-0.2, 0) is 9.47 Å². The summed E-state index contributed by atoms with van der Waals surface area (Å²) in [6, 6.07) is 0. The van der Waals surface area contributed by atoms with E-state index in [1.807, 2.05) is 13.8 Å². The molecule has 0 radical (unpaired) electrons. The molecule has 0 bridgehead atoms. The predicted molar refractivity (Wildman–Crippen MR) is 79.9 cm³/mol. The lowest BCUT2D eigenvalue weighted by Gasteiger charge is -2.16. The molecule has 1 saturated heterocycles. The van der Waals surface area contributed by atoms with Crippen LogP contribution in [0.3, 0.4) is 0 Å². The van der Waals surface area contributed by atoms with Crippen LogP contribution in [0.15, 0.2) is 0 Å². The van der Waals surface area contributed by atoms with Crippen LogP contribution in [0, 0.1) is 11.8 Å². The SMILES string of the molecule is CCCCCCC#C[C@H]1OC(C)(C)O[C@H]1CCCC. The third kappa shape index (κ3) is 6.45. The summed E-state index contributed by atoms with van der Waals surface area (Å²) in [5.74, 6) is 6.08. The third-order valence-electron chi connectivity index (χ3n) is 3.43. The molecule has 0 aromatic heterocycles. The highest BCUT2D eigenvalue weighted by atomic mass is 16.7. The van der Waals surface area contributed by atoms with E-state index in [1.165, 1.54) is 38.5 Å². The van der Waals surface area contributed by atoms with Gasteiger partial charge in [-0.25, -0.2) is 0 Å². The molecule has 2 atom stereocenters. The highest BCUT2D eigenvalue weighted by Crippen LogP contribution is 2.30. The summed E-state index contributed by atoms with van der Waals surface area (Å²) >= 11 is 0. The summed E-state index contributed by atoms with van der Waals surface area (Å²) < 4.78 is 11.8. The maximum atomic E-state index is 5.93. The molecule has 1 aliphatic rings. The summed E-state index contributed by atoms with van der Waals surface area (Å²) in [5, 5.41) is 0. The van der Waals surface area contributed by atoms with Gasteiger partial charge in [0.15, 0.2) is 5.79 Å². The molecule has 1 aliphatic heterocycles. The number of hydrogen-bond acceptors (Lipinski definition) is 2. The summed E-state index contributed by atoms with van der Waals surface area (Å²) in [7, 11) is 0. The van der Waals surface area contributed by atoms with Crippen LogP contribution in [0.4, 0.5) is 0 Å². The summed E-state index contributed by atoms with van der Waals surface area (Å²) in [5.41, 5.74) is 0. The summed E-state index contributed by atoms with van der Waals surface area (Å²) in [6.45, 7) is 8.40. The average molecular weight is 266 g/mol. The Morgan fingerprint density at radius 2 is 1.68 bits per heavy atom. The first-order valence-electron chi connectivity index (χ1n) is 7.93. The fourth-order valence-corrected chi connectivity index (χ4v) is 2.39. The largest absolute Gasteiger partial charge is 0.343 e. The van der Waals surface area contributed by atoms with E-state index in [-0.39, 0.29) is 12.2 Å². The molecule has 0 amide bonds. The first-order valence-corrected chi connectivity index (χ1v) is 7.93. The van der Waals surface area contributed by atoms with Gasteiger partial charge in [0.05, 0.1) is 6.10 Å². The fraction of sp³-hybridized carbons (Fsp3) is 0.882. The van der Waals surface area contributed by atoms with Crippen molar-refractivity contribution >= 4 is 0 Å². The molecule has 1 rings (SSSR count). The standard InChI is InChI=1S/C17H30O2/c1-5-7-9-10-11-12-14-16-15(13-8-6-2)18-17(3,4)19-16/h15-16H,5-11,13H2,1-4H3/t15-,16+/m0/s1. The average Bonchev–Trinajstić information content (AvgIpc) is 2.66. The lowest BCUT2D eigenvalue weighted by atomic mass is 10.1. The van der Waals surface area contributed by atoms with E-state index in [4.69, 9.17) is 9.47 Å². The second-order valence-electron chi connectivity index (χ2n) is 5.87. The topological polar surface area (TPSA) is 18.5 Å². The highest BCUT2D eigenvalue weighted by molar-refractivity contribution is 5.10. The molecule has 0 N–H and O–H groups in total. The van der Waals surface area contributed by atoms with Crippen molar-refractivity contribution in [3.63, 3.8) is 0 Å². The summed E-state index contributed by atoms with van der Waals surface area (Å²) in [6.07, 6.45) is 9.62. The second-order valence-corrected chi connectivity index (χ2v) is 5.87. The number of unbranched alkanes of at least 4 members (excludes halogenated alkanes) is 5. The molecule has 110 valence electrons. The Morgan fingerprint density at radius 1 is 0.947 bits per heavy atom. The zero-order valence-corrected chi connectivity index (χ0v) is 13.1. The Hall–Kier alpha value is -0.520. The number of hydrogen-bond donors (Lipinski definition) is 0. The van der Waals surface area contributed by atoms with Gasteiger partial charge in [0.25, 0.3) is 0 Å². The van der Waals surface area contributed by atoms with Gasteiger partial charge in [0.1, 0.15) is 6.10 Å². The molecule has 1 heterocycles. The first-order chi connectivity index (χ1) is 9.09. The van der Waals surface area contributed by atoms with E-state index in [0.29, 0.717) is 0 Å². The van der Waals surface area contributed by atoms with Gasteiger partial charge in [-0.15, -0.1) is 5.92 Å². The molecule has 19 heavy (non-hydrogen) atoms. The zero-order chi connectivity index (χ0) is 14.1. The second kappa shape index (κ2) is 8.61. The molecule has 0 spiro atoms. The van der Waals surface area contributed by atoms with Crippen molar-refractivity contribution in [2.24, 2.45) is 0 Å². The minimum atomic E-state index is -0.472. The van der Waals surface area contributed by atoms with Crippen molar-refractivity contribution in [2.45, 2.75) is 97.1 Å². The van der Waals surface area contributed by atoms with E-state index in [0.717, 1.165) is 12.8 Å². The van der Waals surface area contributed by atoms with Crippen LogP contribution in [-0.4, -0.2) is 18.0 Å². The molecule has 0 aromatic rings. The molecule has 0 unspecified atom stereocenters. The van der Waals surface area contributed by atoms with Gasteiger partial charge in [0.2, 0.25) is 0 Å². The van der Waals surface area contributed by atoms with Crippen molar-refractivity contribution in [3.05, 3.63) is 0 Å². The smallest absolute Gasteiger partial charge is 0.165 e. The minimum Gasteiger partial charge on any atom is -0.343 e. The Kier molecular flexibility index (Phi) is 7.49. The lowest BCUT2D eigenvalue weighted by Crippen LogP contribution is -2.21. The molecule has 0 saturated carbocycles. The van der Waals surface area contributed by atoms with E-state index >= 15 is 0 Å². The van der Waals surface area contributed by atoms with Crippen LogP contribution in [0.1, 0.15) is 79.1 Å². The van der Waals surface area contributed by atoms with E-state index < -0.39 is 5.79 Å². The predicted octanol–water partition coefficient (Wildman–Crippen LogP) is 4.67. The molecule has 2 nitrogen and oxygen atoms in total. The number of ether oxygens (including phenoxy) is 2. The van der Waals surface area contributed by atoms with Crippen molar-refractivity contribution in [2.75, 3.05) is 0 Å². The monoisotopic (exact) mass is 266 g/mol. The van der Waals surface area contributed by atoms with Crippen LogP contribution in [0.2, 0.25) is 0 Å². The van der Waals surface area contributed by atoms with Crippen molar-refractivity contribution in [1.82, 2.24) is 0 Å². The molecule has 1 fully saturated rings.